The Balaban J connectivity index is 2.21. The van der Waals surface area contributed by atoms with Gasteiger partial charge in [0.1, 0.15) is 0 Å². The Morgan fingerprint density at radius 2 is 2.09 bits per heavy atom. The van der Waals surface area contributed by atoms with Gasteiger partial charge in [-0.15, -0.1) is 0 Å². The predicted octanol–water partition coefficient (Wildman–Crippen LogP) is 2.29. The second kappa shape index (κ2) is 7.60. The molecule has 23 heavy (non-hydrogen) atoms. The minimum absolute atomic E-state index is 0.0898. The molecule has 6 nitrogen and oxygen atoms in total. The lowest BCUT2D eigenvalue weighted by Crippen LogP contribution is -2.33. The highest BCUT2D eigenvalue weighted by atomic mass is 16.3. The van der Waals surface area contributed by atoms with E-state index in [2.05, 4.69) is 5.32 Å². The largest absolute Gasteiger partial charge is 0.459 e. The summed E-state index contributed by atoms with van der Waals surface area (Å²) in [5, 5.41) is 11.8. The van der Waals surface area contributed by atoms with Gasteiger partial charge >= 0.3 is 0 Å². The van der Waals surface area contributed by atoms with Crippen molar-refractivity contribution in [3.63, 3.8) is 0 Å². The molecule has 0 atom stereocenters. The number of aliphatic hydroxyl groups excluding tert-OH is 1. The number of hydrogen-bond acceptors (Lipinski definition) is 4. The van der Waals surface area contributed by atoms with Crippen LogP contribution in [0.2, 0.25) is 0 Å². The molecule has 2 rings (SSSR count). The molecule has 0 bridgehead atoms. The first kappa shape index (κ1) is 16.8. The van der Waals surface area contributed by atoms with Crippen molar-refractivity contribution in [3.8, 4) is 0 Å². The molecule has 0 aliphatic rings. The van der Waals surface area contributed by atoms with Crippen LogP contribution in [0.5, 0.6) is 0 Å². The first-order valence-corrected chi connectivity index (χ1v) is 7.42. The summed E-state index contributed by atoms with van der Waals surface area (Å²) in [6.07, 6.45) is 1.43. The van der Waals surface area contributed by atoms with Crippen molar-refractivity contribution >= 4 is 17.5 Å². The second-order valence-electron chi connectivity index (χ2n) is 5.07. The molecule has 0 saturated heterocycles. The number of carbonyl (C=O) groups is 2. The zero-order chi connectivity index (χ0) is 16.8. The highest BCUT2D eigenvalue weighted by Crippen LogP contribution is 2.19. The Bertz CT molecular complexity index is 680. The Kier molecular flexibility index (Phi) is 5.54. The SMILES string of the molecule is CCN(CCO)C(=O)c1ccc(C)c(NC(=O)c2ccco2)c1. The molecule has 0 spiro atoms. The summed E-state index contributed by atoms with van der Waals surface area (Å²) in [5.74, 6) is -0.350. The molecule has 1 aromatic heterocycles. The van der Waals surface area contributed by atoms with E-state index in [0.29, 0.717) is 17.8 Å². The van der Waals surface area contributed by atoms with E-state index in [9.17, 15) is 9.59 Å². The smallest absolute Gasteiger partial charge is 0.291 e. The molecule has 0 aliphatic heterocycles. The van der Waals surface area contributed by atoms with Gasteiger partial charge in [-0.1, -0.05) is 6.07 Å². The lowest BCUT2D eigenvalue weighted by atomic mass is 10.1. The molecule has 1 aromatic carbocycles. The summed E-state index contributed by atoms with van der Waals surface area (Å²) in [7, 11) is 0. The zero-order valence-electron chi connectivity index (χ0n) is 13.2. The molecule has 2 amide bonds. The number of anilines is 1. The maximum atomic E-state index is 12.4. The van der Waals surface area contributed by atoms with E-state index in [-0.39, 0.29) is 30.7 Å². The number of furan rings is 1. The van der Waals surface area contributed by atoms with Crippen LogP contribution in [0, 0.1) is 6.92 Å². The lowest BCUT2D eigenvalue weighted by Gasteiger charge is -2.20. The fourth-order valence-electron chi connectivity index (χ4n) is 2.19. The van der Waals surface area contributed by atoms with Crippen molar-refractivity contribution in [2.75, 3.05) is 25.0 Å². The molecule has 0 saturated carbocycles. The maximum absolute atomic E-state index is 12.4. The van der Waals surface area contributed by atoms with E-state index >= 15 is 0 Å². The second-order valence-corrected chi connectivity index (χ2v) is 5.07. The predicted molar refractivity (Wildman–Crippen MR) is 86.5 cm³/mol. The number of nitrogens with zero attached hydrogens (tertiary/aromatic N) is 1. The molecular weight excluding hydrogens is 296 g/mol. The van der Waals surface area contributed by atoms with E-state index < -0.39 is 0 Å². The third kappa shape index (κ3) is 3.98. The molecule has 0 aliphatic carbocycles. The minimum atomic E-state index is -0.370. The van der Waals surface area contributed by atoms with Gasteiger partial charge in [0.15, 0.2) is 5.76 Å². The number of amides is 2. The monoisotopic (exact) mass is 316 g/mol. The molecule has 0 unspecified atom stereocenters. The Hall–Kier alpha value is -2.60. The van der Waals surface area contributed by atoms with Crippen molar-refractivity contribution in [1.29, 1.82) is 0 Å². The summed E-state index contributed by atoms with van der Waals surface area (Å²) in [6, 6.07) is 8.33. The van der Waals surface area contributed by atoms with Gasteiger partial charge in [-0.3, -0.25) is 9.59 Å². The minimum Gasteiger partial charge on any atom is -0.459 e. The third-order valence-electron chi connectivity index (χ3n) is 3.52. The van der Waals surface area contributed by atoms with Crippen molar-refractivity contribution < 1.29 is 19.1 Å². The van der Waals surface area contributed by atoms with Gasteiger partial charge in [0.2, 0.25) is 0 Å². The van der Waals surface area contributed by atoms with Crippen LogP contribution in [-0.2, 0) is 0 Å². The van der Waals surface area contributed by atoms with Crippen LogP contribution >= 0.6 is 0 Å². The summed E-state index contributed by atoms with van der Waals surface area (Å²) < 4.78 is 5.06. The molecule has 122 valence electrons. The van der Waals surface area contributed by atoms with E-state index in [0.717, 1.165) is 5.56 Å². The van der Waals surface area contributed by atoms with Crippen LogP contribution in [-0.4, -0.2) is 41.5 Å². The van der Waals surface area contributed by atoms with Crippen molar-refractivity contribution in [1.82, 2.24) is 4.90 Å². The summed E-state index contributed by atoms with van der Waals surface area (Å²) in [4.78, 5) is 26.0. The highest BCUT2D eigenvalue weighted by molar-refractivity contribution is 6.03. The Labute approximate surface area is 134 Å². The molecule has 0 fully saturated rings. The third-order valence-corrected chi connectivity index (χ3v) is 3.52. The van der Waals surface area contributed by atoms with E-state index in [1.54, 1.807) is 35.2 Å². The molecule has 2 N–H and O–H groups in total. The van der Waals surface area contributed by atoms with Crippen LogP contribution in [0.3, 0.4) is 0 Å². The fourth-order valence-corrected chi connectivity index (χ4v) is 2.19. The number of hydrogen-bond donors (Lipinski definition) is 2. The normalized spacial score (nSPS) is 10.4. The summed E-state index contributed by atoms with van der Waals surface area (Å²) in [5.41, 5.74) is 1.85. The average Bonchev–Trinajstić information content (AvgIpc) is 3.08. The van der Waals surface area contributed by atoms with E-state index in [1.807, 2.05) is 13.8 Å². The van der Waals surface area contributed by atoms with Crippen LogP contribution in [0.1, 0.15) is 33.4 Å². The maximum Gasteiger partial charge on any atom is 0.291 e. The van der Waals surface area contributed by atoms with Gasteiger partial charge < -0.3 is 19.7 Å². The van der Waals surface area contributed by atoms with Crippen LogP contribution in [0.15, 0.2) is 41.0 Å². The quantitative estimate of drug-likeness (QED) is 0.856. The van der Waals surface area contributed by atoms with E-state index in [4.69, 9.17) is 9.52 Å². The van der Waals surface area contributed by atoms with Crippen LogP contribution < -0.4 is 5.32 Å². The average molecular weight is 316 g/mol. The molecule has 2 aromatic rings. The van der Waals surface area contributed by atoms with Gasteiger partial charge in [-0.05, 0) is 43.7 Å². The highest BCUT2D eigenvalue weighted by Gasteiger charge is 2.16. The molecular formula is C17H20N2O4. The van der Waals surface area contributed by atoms with E-state index in [1.165, 1.54) is 6.26 Å². The number of nitrogens with one attached hydrogen (secondary N) is 1. The standard InChI is InChI=1S/C17H20N2O4/c1-3-19(8-9-20)17(22)13-7-6-12(2)14(11-13)18-16(21)15-5-4-10-23-15/h4-7,10-11,20H,3,8-9H2,1-2H3,(H,18,21). The molecule has 1 heterocycles. The first-order valence-electron chi connectivity index (χ1n) is 7.42. The molecule has 0 radical (unpaired) electrons. The van der Waals surface area contributed by atoms with Gasteiger partial charge in [0.25, 0.3) is 11.8 Å². The van der Waals surface area contributed by atoms with Gasteiger partial charge in [0.05, 0.1) is 12.9 Å². The summed E-state index contributed by atoms with van der Waals surface area (Å²) in [6.45, 7) is 4.38. The van der Waals surface area contributed by atoms with Gasteiger partial charge in [-0.25, -0.2) is 0 Å². The number of benzene rings is 1. The van der Waals surface area contributed by atoms with Crippen LogP contribution in [0.25, 0.3) is 0 Å². The zero-order valence-corrected chi connectivity index (χ0v) is 13.2. The Morgan fingerprint density at radius 3 is 2.70 bits per heavy atom. The molecule has 6 heteroatoms. The summed E-state index contributed by atoms with van der Waals surface area (Å²) >= 11 is 0. The van der Waals surface area contributed by atoms with Crippen molar-refractivity contribution in [2.45, 2.75) is 13.8 Å². The Morgan fingerprint density at radius 1 is 1.30 bits per heavy atom. The number of carbonyl (C=O) groups excluding carboxylic acids is 2. The van der Waals surface area contributed by atoms with Crippen molar-refractivity contribution in [3.05, 3.63) is 53.5 Å². The lowest BCUT2D eigenvalue weighted by molar-refractivity contribution is 0.0731. The van der Waals surface area contributed by atoms with Gasteiger partial charge in [0, 0.05) is 24.3 Å². The van der Waals surface area contributed by atoms with Gasteiger partial charge in [-0.2, -0.15) is 0 Å². The number of likely N-dealkylation sites (N-methyl/N-ethyl adjacent to an activating group) is 1. The fraction of sp³-hybridized carbons (Fsp3) is 0.294. The topological polar surface area (TPSA) is 82.8 Å². The first-order chi connectivity index (χ1) is 11.1. The van der Waals surface area contributed by atoms with Crippen LogP contribution in [0.4, 0.5) is 5.69 Å². The number of rotatable bonds is 6. The number of aryl methyl sites for hydroxylation is 1. The van der Waals surface area contributed by atoms with Crippen molar-refractivity contribution in [2.24, 2.45) is 0 Å². The number of aliphatic hydroxyl groups is 1.